The van der Waals surface area contributed by atoms with Crippen molar-refractivity contribution in [2.75, 3.05) is 11.9 Å². The van der Waals surface area contributed by atoms with Gasteiger partial charge in [0.15, 0.2) is 0 Å². The number of carbonyl (C=O) groups is 1. The van der Waals surface area contributed by atoms with Crippen LogP contribution in [0.15, 0.2) is 71.8 Å². The Morgan fingerprint density at radius 3 is 2.60 bits per heavy atom. The molecule has 0 radical (unpaired) electrons. The molecule has 25 heavy (non-hydrogen) atoms. The zero-order chi connectivity index (χ0) is 17.5. The smallest absolute Gasteiger partial charge is 0.339 e. The number of fused-ring (bicyclic) bond motifs is 1. The quantitative estimate of drug-likeness (QED) is 0.537. The number of para-hydroxylation sites is 1. The number of hydrazone groups is 1. The fraction of sp³-hybridized carbons (Fsp3) is 0.100. The molecule has 0 saturated carbocycles. The van der Waals surface area contributed by atoms with E-state index in [1.807, 2.05) is 61.5 Å². The molecule has 5 nitrogen and oxygen atoms in total. The van der Waals surface area contributed by atoms with Crippen LogP contribution in [0.2, 0.25) is 0 Å². The van der Waals surface area contributed by atoms with Gasteiger partial charge in [-0.1, -0.05) is 48.5 Å². The molecule has 0 bridgehead atoms. The van der Waals surface area contributed by atoms with E-state index in [0.717, 1.165) is 22.1 Å². The van der Waals surface area contributed by atoms with Crippen LogP contribution in [0.3, 0.4) is 0 Å². The Hall–Kier alpha value is -3.34. The summed E-state index contributed by atoms with van der Waals surface area (Å²) in [4.78, 5) is 11.9. The van der Waals surface area contributed by atoms with Gasteiger partial charge in [-0.05, 0) is 35.9 Å². The van der Waals surface area contributed by atoms with Crippen LogP contribution in [0, 0.1) is 0 Å². The summed E-state index contributed by atoms with van der Waals surface area (Å²) >= 11 is 0. The lowest BCUT2D eigenvalue weighted by Crippen LogP contribution is -2.24. The highest BCUT2D eigenvalue weighted by molar-refractivity contribution is 6.02. The average molecular weight is 333 g/mol. The van der Waals surface area contributed by atoms with Crippen LogP contribution in [0.4, 0.5) is 10.5 Å². The van der Waals surface area contributed by atoms with E-state index in [1.54, 1.807) is 18.3 Å². The SMILES string of the molecule is CCOc1ccc2ccccc2c1/C=N/NC(=O)Nc1ccccc1. The first-order chi connectivity index (χ1) is 12.3. The Balaban J connectivity index is 1.78. The van der Waals surface area contributed by atoms with E-state index in [2.05, 4.69) is 15.8 Å². The van der Waals surface area contributed by atoms with Crippen LogP contribution >= 0.6 is 0 Å². The van der Waals surface area contributed by atoms with Gasteiger partial charge in [-0.25, -0.2) is 10.2 Å². The maximum Gasteiger partial charge on any atom is 0.339 e. The molecular weight excluding hydrogens is 314 g/mol. The van der Waals surface area contributed by atoms with E-state index >= 15 is 0 Å². The molecule has 0 aliphatic carbocycles. The van der Waals surface area contributed by atoms with Crippen molar-refractivity contribution in [3.8, 4) is 5.75 Å². The van der Waals surface area contributed by atoms with Crippen molar-refractivity contribution in [3.63, 3.8) is 0 Å². The summed E-state index contributed by atoms with van der Waals surface area (Å²) in [6.07, 6.45) is 1.61. The fourth-order valence-corrected chi connectivity index (χ4v) is 2.53. The molecule has 0 atom stereocenters. The first-order valence-corrected chi connectivity index (χ1v) is 8.07. The molecule has 5 heteroatoms. The van der Waals surface area contributed by atoms with Gasteiger partial charge in [0.1, 0.15) is 5.75 Å². The topological polar surface area (TPSA) is 62.7 Å². The molecule has 126 valence electrons. The maximum absolute atomic E-state index is 11.9. The number of amides is 2. The lowest BCUT2D eigenvalue weighted by atomic mass is 10.0. The van der Waals surface area contributed by atoms with Crippen LogP contribution in [0.5, 0.6) is 5.75 Å². The minimum absolute atomic E-state index is 0.402. The lowest BCUT2D eigenvalue weighted by Gasteiger charge is -2.10. The monoisotopic (exact) mass is 333 g/mol. The third-order valence-electron chi connectivity index (χ3n) is 3.62. The van der Waals surface area contributed by atoms with E-state index < -0.39 is 6.03 Å². The van der Waals surface area contributed by atoms with E-state index in [9.17, 15) is 4.79 Å². The number of nitrogens with one attached hydrogen (secondary N) is 2. The second-order valence-electron chi connectivity index (χ2n) is 5.32. The molecule has 3 rings (SSSR count). The Morgan fingerprint density at radius 1 is 1.04 bits per heavy atom. The van der Waals surface area contributed by atoms with Crippen LogP contribution in [-0.2, 0) is 0 Å². The van der Waals surface area contributed by atoms with Crippen LogP contribution < -0.4 is 15.5 Å². The maximum atomic E-state index is 11.9. The number of benzene rings is 3. The van der Waals surface area contributed by atoms with Gasteiger partial charge in [-0.2, -0.15) is 5.10 Å². The second-order valence-corrected chi connectivity index (χ2v) is 5.32. The number of urea groups is 1. The molecule has 0 unspecified atom stereocenters. The summed E-state index contributed by atoms with van der Waals surface area (Å²) in [5.74, 6) is 0.732. The molecule has 3 aromatic carbocycles. The van der Waals surface area contributed by atoms with E-state index in [4.69, 9.17) is 4.74 Å². The molecule has 0 aromatic heterocycles. The number of hydrogen-bond donors (Lipinski definition) is 2. The van der Waals surface area contributed by atoms with Gasteiger partial charge in [0.05, 0.1) is 12.8 Å². The van der Waals surface area contributed by atoms with Crippen LogP contribution in [0.25, 0.3) is 10.8 Å². The summed E-state index contributed by atoms with van der Waals surface area (Å²) in [5, 5.41) is 8.87. The predicted molar refractivity (Wildman–Crippen MR) is 101 cm³/mol. The zero-order valence-electron chi connectivity index (χ0n) is 13.9. The van der Waals surface area contributed by atoms with Gasteiger partial charge in [-0.15, -0.1) is 0 Å². The summed E-state index contributed by atoms with van der Waals surface area (Å²) < 4.78 is 5.68. The van der Waals surface area contributed by atoms with Gasteiger partial charge in [0.25, 0.3) is 0 Å². The molecule has 0 spiro atoms. The van der Waals surface area contributed by atoms with Crippen molar-refractivity contribution in [2.45, 2.75) is 6.92 Å². The molecule has 0 heterocycles. The largest absolute Gasteiger partial charge is 0.493 e. The molecule has 3 aromatic rings. The zero-order valence-corrected chi connectivity index (χ0v) is 13.9. The number of nitrogens with zero attached hydrogens (tertiary/aromatic N) is 1. The van der Waals surface area contributed by atoms with Gasteiger partial charge >= 0.3 is 6.03 Å². The predicted octanol–water partition coefficient (Wildman–Crippen LogP) is 4.39. The summed E-state index contributed by atoms with van der Waals surface area (Å²) in [6, 6.07) is 20.7. The number of hydrogen-bond acceptors (Lipinski definition) is 3. The van der Waals surface area contributed by atoms with Crippen molar-refractivity contribution in [1.29, 1.82) is 0 Å². The van der Waals surface area contributed by atoms with Crippen molar-refractivity contribution >= 4 is 28.7 Å². The van der Waals surface area contributed by atoms with Crippen molar-refractivity contribution in [2.24, 2.45) is 5.10 Å². The highest BCUT2D eigenvalue weighted by atomic mass is 16.5. The molecule has 0 aliphatic heterocycles. The van der Waals surface area contributed by atoms with Gasteiger partial charge in [0.2, 0.25) is 0 Å². The average Bonchev–Trinajstić information content (AvgIpc) is 2.64. The molecule has 0 saturated heterocycles. The molecule has 0 aliphatic rings. The molecular formula is C20H19N3O2. The number of ether oxygens (including phenoxy) is 1. The third kappa shape index (κ3) is 4.14. The third-order valence-corrected chi connectivity index (χ3v) is 3.62. The van der Waals surface area contributed by atoms with Crippen molar-refractivity contribution in [3.05, 3.63) is 72.3 Å². The number of carbonyl (C=O) groups excluding carboxylic acids is 1. The molecule has 0 fully saturated rings. The van der Waals surface area contributed by atoms with E-state index in [0.29, 0.717) is 12.3 Å². The lowest BCUT2D eigenvalue weighted by molar-refractivity contribution is 0.252. The Bertz CT molecular complexity index is 892. The van der Waals surface area contributed by atoms with E-state index in [-0.39, 0.29) is 0 Å². The highest BCUT2D eigenvalue weighted by Gasteiger charge is 2.07. The highest BCUT2D eigenvalue weighted by Crippen LogP contribution is 2.26. The van der Waals surface area contributed by atoms with Crippen molar-refractivity contribution in [1.82, 2.24) is 5.43 Å². The summed E-state index contributed by atoms with van der Waals surface area (Å²) in [6.45, 7) is 2.49. The Morgan fingerprint density at radius 2 is 1.80 bits per heavy atom. The van der Waals surface area contributed by atoms with Crippen LogP contribution in [-0.4, -0.2) is 18.9 Å². The normalized spacial score (nSPS) is 10.8. The first-order valence-electron chi connectivity index (χ1n) is 8.07. The van der Waals surface area contributed by atoms with Gasteiger partial charge in [-0.3, -0.25) is 0 Å². The Labute approximate surface area is 146 Å². The van der Waals surface area contributed by atoms with Crippen molar-refractivity contribution < 1.29 is 9.53 Å². The summed E-state index contributed by atoms with van der Waals surface area (Å²) in [5.41, 5.74) is 4.01. The fourth-order valence-electron chi connectivity index (χ4n) is 2.53. The van der Waals surface area contributed by atoms with Gasteiger partial charge < -0.3 is 10.1 Å². The van der Waals surface area contributed by atoms with Gasteiger partial charge in [0, 0.05) is 11.3 Å². The molecule has 2 amide bonds. The Kier molecular flexibility index (Phi) is 5.26. The van der Waals surface area contributed by atoms with E-state index in [1.165, 1.54) is 0 Å². The minimum atomic E-state index is -0.402. The minimum Gasteiger partial charge on any atom is -0.493 e. The van der Waals surface area contributed by atoms with Crippen LogP contribution in [0.1, 0.15) is 12.5 Å². The molecule has 2 N–H and O–H groups in total. The number of rotatable bonds is 5. The second kappa shape index (κ2) is 7.97. The first kappa shape index (κ1) is 16.5. The summed E-state index contributed by atoms with van der Waals surface area (Å²) in [7, 11) is 0. The standard InChI is InChI=1S/C20H19N3O2/c1-2-25-19-13-12-15-8-6-7-11-17(15)18(19)14-21-23-20(24)22-16-9-4-3-5-10-16/h3-14H,2H2,1H3,(H2,22,23,24)/b21-14+. The number of anilines is 1.